The number of fused-ring (bicyclic) bond motifs is 2. The van der Waals surface area contributed by atoms with Crippen molar-refractivity contribution >= 4 is 15.9 Å². The molecule has 2 saturated heterocycles. The van der Waals surface area contributed by atoms with E-state index in [4.69, 9.17) is 4.74 Å². The van der Waals surface area contributed by atoms with Crippen LogP contribution in [0.15, 0.2) is 22.7 Å². The fourth-order valence-corrected chi connectivity index (χ4v) is 3.64. The van der Waals surface area contributed by atoms with Crippen LogP contribution < -0.4 is 0 Å². The van der Waals surface area contributed by atoms with Gasteiger partial charge in [0.25, 0.3) is 0 Å². The quantitative estimate of drug-likeness (QED) is 0.836. The van der Waals surface area contributed by atoms with Gasteiger partial charge in [0.05, 0.1) is 23.7 Å². The van der Waals surface area contributed by atoms with Gasteiger partial charge in [-0.1, -0.05) is 22.0 Å². The largest absolute Gasteiger partial charge is 0.373 e. The highest BCUT2D eigenvalue weighted by atomic mass is 79.9. The number of ether oxygens (including phenoxy) is 1. The summed E-state index contributed by atoms with van der Waals surface area (Å²) in [7, 11) is 0. The Hall–Kier alpha value is -0.920. The number of halogens is 2. The Morgan fingerprint density at radius 1 is 1.50 bits per heavy atom. The molecule has 4 heteroatoms. The van der Waals surface area contributed by atoms with Gasteiger partial charge in [-0.2, -0.15) is 5.26 Å². The van der Waals surface area contributed by atoms with Crippen LogP contribution in [0, 0.1) is 22.6 Å². The maximum absolute atomic E-state index is 13.1. The van der Waals surface area contributed by atoms with Crippen LogP contribution in [0.1, 0.15) is 24.8 Å². The first-order chi connectivity index (χ1) is 8.63. The van der Waals surface area contributed by atoms with Crippen LogP contribution >= 0.6 is 15.9 Å². The van der Waals surface area contributed by atoms with Crippen molar-refractivity contribution in [3.63, 3.8) is 0 Å². The minimum absolute atomic E-state index is 0.0458. The second kappa shape index (κ2) is 4.32. The summed E-state index contributed by atoms with van der Waals surface area (Å²) < 4.78 is 19.6. The van der Waals surface area contributed by atoms with Crippen molar-refractivity contribution < 1.29 is 9.13 Å². The topological polar surface area (TPSA) is 33.0 Å². The van der Waals surface area contributed by atoms with E-state index in [1.807, 2.05) is 0 Å². The second-order valence-corrected chi connectivity index (χ2v) is 6.06. The number of hydrogen-bond donors (Lipinski definition) is 0. The predicted octanol–water partition coefficient (Wildman–Crippen LogP) is 3.59. The molecular formula is C14H13BrFNO. The lowest BCUT2D eigenvalue weighted by Gasteiger charge is -2.28. The van der Waals surface area contributed by atoms with Crippen LogP contribution in [0.2, 0.25) is 0 Å². The third kappa shape index (κ3) is 1.86. The van der Waals surface area contributed by atoms with Crippen molar-refractivity contribution in [3.05, 3.63) is 34.1 Å². The molecule has 2 aliphatic rings. The molecule has 3 rings (SSSR count). The van der Waals surface area contributed by atoms with Gasteiger partial charge in [-0.05, 0) is 43.4 Å². The molecule has 3 unspecified atom stereocenters. The predicted molar refractivity (Wildman–Crippen MR) is 68.4 cm³/mol. The van der Waals surface area contributed by atoms with E-state index in [-0.39, 0.29) is 18.0 Å². The summed E-state index contributed by atoms with van der Waals surface area (Å²) in [6.07, 6.45) is 3.76. The Morgan fingerprint density at radius 3 is 2.89 bits per heavy atom. The molecule has 2 fully saturated rings. The van der Waals surface area contributed by atoms with Crippen LogP contribution in [0.25, 0.3) is 0 Å². The Bertz CT molecular complexity index is 527. The molecule has 2 heterocycles. The van der Waals surface area contributed by atoms with Gasteiger partial charge in [-0.3, -0.25) is 0 Å². The highest BCUT2D eigenvalue weighted by Crippen LogP contribution is 2.49. The van der Waals surface area contributed by atoms with Crippen molar-refractivity contribution in [1.29, 1.82) is 5.26 Å². The first-order valence-corrected chi connectivity index (χ1v) is 6.93. The molecule has 2 nitrogen and oxygen atoms in total. The molecule has 1 aromatic carbocycles. The second-order valence-electron chi connectivity index (χ2n) is 5.21. The van der Waals surface area contributed by atoms with Gasteiger partial charge in [0.1, 0.15) is 5.82 Å². The van der Waals surface area contributed by atoms with Crippen LogP contribution in [0.5, 0.6) is 0 Å². The zero-order valence-electron chi connectivity index (χ0n) is 9.83. The van der Waals surface area contributed by atoms with Gasteiger partial charge in [0.2, 0.25) is 0 Å². The first-order valence-electron chi connectivity index (χ1n) is 6.14. The van der Waals surface area contributed by atoms with E-state index in [1.54, 1.807) is 6.07 Å². The van der Waals surface area contributed by atoms with Gasteiger partial charge in [0, 0.05) is 4.47 Å². The number of nitrogens with zero attached hydrogens (tertiary/aromatic N) is 1. The fraction of sp³-hybridized carbons (Fsp3) is 0.500. The van der Waals surface area contributed by atoms with Gasteiger partial charge in [-0.15, -0.1) is 0 Å². The fourth-order valence-electron chi connectivity index (χ4n) is 3.15. The van der Waals surface area contributed by atoms with E-state index in [9.17, 15) is 9.65 Å². The van der Waals surface area contributed by atoms with E-state index in [2.05, 4.69) is 22.0 Å². The zero-order valence-corrected chi connectivity index (χ0v) is 11.4. The SMILES string of the molecule is N#CC1(Cc2ccc(F)cc2Br)CC2CCC1O2. The Kier molecular flexibility index (Phi) is 2.91. The average Bonchev–Trinajstić information content (AvgIpc) is 2.93. The maximum atomic E-state index is 13.1. The molecule has 0 aliphatic carbocycles. The van der Waals surface area contributed by atoms with Crippen molar-refractivity contribution in [2.24, 2.45) is 5.41 Å². The summed E-state index contributed by atoms with van der Waals surface area (Å²) in [6.45, 7) is 0. The smallest absolute Gasteiger partial charge is 0.124 e. The molecule has 0 aromatic heterocycles. The van der Waals surface area contributed by atoms with Crippen molar-refractivity contribution in [3.8, 4) is 6.07 Å². The molecular weight excluding hydrogens is 297 g/mol. The van der Waals surface area contributed by atoms with Crippen molar-refractivity contribution in [2.75, 3.05) is 0 Å². The lowest BCUT2D eigenvalue weighted by Crippen LogP contribution is -2.33. The summed E-state index contributed by atoms with van der Waals surface area (Å²) in [6, 6.07) is 7.11. The lowest BCUT2D eigenvalue weighted by molar-refractivity contribution is 0.0787. The van der Waals surface area contributed by atoms with E-state index in [1.165, 1.54) is 12.1 Å². The van der Waals surface area contributed by atoms with E-state index < -0.39 is 5.41 Å². The standard InChI is InChI=1S/C14H13BrFNO/c15-12-5-10(16)2-1-9(12)6-14(8-17)7-11-3-4-13(14)18-11/h1-2,5,11,13H,3-4,6-7H2. The van der Waals surface area contributed by atoms with E-state index in [0.717, 1.165) is 29.3 Å². The Balaban J connectivity index is 1.89. The van der Waals surface area contributed by atoms with Crippen molar-refractivity contribution in [1.82, 2.24) is 0 Å². The number of rotatable bonds is 2. The molecule has 0 saturated carbocycles. The van der Waals surface area contributed by atoms with E-state index in [0.29, 0.717) is 6.42 Å². The lowest BCUT2D eigenvalue weighted by atomic mass is 9.71. The van der Waals surface area contributed by atoms with Gasteiger partial charge < -0.3 is 4.74 Å². The third-order valence-electron chi connectivity index (χ3n) is 4.06. The molecule has 94 valence electrons. The van der Waals surface area contributed by atoms with Gasteiger partial charge in [-0.25, -0.2) is 4.39 Å². The van der Waals surface area contributed by atoms with Gasteiger partial charge >= 0.3 is 0 Å². The molecule has 1 aromatic rings. The maximum Gasteiger partial charge on any atom is 0.124 e. The summed E-state index contributed by atoms with van der Waals surface area (Å²) >= 11 is 3.37. The number of hydrogen-bond acceptors (Lipinski definition) is 2. The third-order valence-corrected chi connectivity index (χ3v) is 4.80. The van der Waals surface area contributed by atoms with Crippen molar-refractivity contribution in [2.45, 2.75) is 37.9 Å². The van der Waals surface area contributed by atoms with Gasteiger partial charge in [0.15, 0.2) is 0 Å². The molecule has 0 spiro atoms. The van der Waals surface area contributed by atoms with E-state index >= 15 is 0 Å². The van der Waals surface area contributed by atoms with Crippen LogP contribution in [-0.4, -0.2) is 12.2 Å². The summed E-state index contributed by atoms with van der Waals surface area (Å²) in [5, 5.41) is 9.53. The Morgan fingerprint density at radius 2 is 2.33 bits per heavy atom. The minimum atomic E-state index is -0.427. The molecule has 18 heavy (non-hydrogen) atoms. The van der Waals surface area contributed by atoms with Crippen LogP contribution in [0.3, 0.4) is 0 Å². The molecule has 0 amide bonds. The number of benzene rings is 1. The summed E-state index contributed by atoms with van der Waals surface area (Å²) in [5.41, 5.74) is 0.553. The molecule has 0 N–H and O–H groups in total. The first kappa shape index (κ1) is 12.1. The Labute approximate surface area is 114 Å². The highest BCUT2D eigenvalue weighted by molar-refractivity contribution is 9.10. The monoisotopic (exact) mass is 309 g/mol. The molecule has 2 bridgehead atoms. The highest BCUT2D eigenvalue weighted by Gasteiger charge is 2.52. The molecule has 0 radical (unpaired) electrons. The number of nitriles is 1. The summed E-state index contributed by atoms with van der Waals surface area (Å²) in [5.74, 6) is -0.263. The normalized spacial score (nSPS) is 33.6. The molecule has 2 aliphatic heterocycles. The van der Waals surface area contributed by atoms with Crippen LogP contribution in [0.4, 0.5) is 4.39 Å². The van der Waals surface area contributed by atoms with Crippen LogP contribution in [-0.2, 0) is 11.2 Å². The zero-order chi connectivity index (χ0) is 12.8. The molecule has 3 atom stereocenters. The average molecular weight is 310 g/mol. The minimum Gasteiger partial charge on any atom is -0.373 e. The summed E-state index contributed by atoms with van der Waals surface area (Å²) in [4.78, 5) is 0.